The highest BCUT2D eigenvalue weighted by Gasteiger charge is 2.36. The smallest absolute Gasteiger partial charge is 0.388 e. The van der Waals surface area contributed by atoms with Crippen LogP contribution in [-0.4, -0.2) is 18.1 Å². The van der Waals surface area contributed by atoms with E-state index in [0.717, 1.165) is 49.0 Å². The quantitative estimate of drug-likeness (QED) is 0.233. The van der Waals surface area contributed by atoms with E-state index in [0.29, 0.717) is 12.5 Å². The molecule has 0 fully saturated rings. The van der Waals surface area contributed by atoms with Gasteiger partial charge in [0.15, 0.2) is 5.60 Å². The van der Waals surface area contributed by atoms with Crippen LogP contribution in [0.4, 0.5) is 0 Å². The summed E-state index contributed by atoms with van der Waals surface area (Å²) >= 11 is 0. The molecular weight excluding hydrogens is 493 g/mol. The van der Waals surface area contributed by atoms with Crippen LogP contribution in [0.15, 0.2) is 117 Å². The standard InChI is InChI=1S/C32H26NO4P/c1-32(2,31-33-26(20-34-31)23-12-4-3-5-13-23)37-38-35-27-18-16-21-10-6-8-14-24(21)29(27)30-25-15-9-7-11-22(25)17-19-28(30)36-38/h3-19,26H,20H2,1-2H3/t26-/m0/s1. The van der Waals surface area contributed by atoms with E-state index in [1.807, 2.05) is 44.2 Å². The van der Waals surface area contributed by atoms with Gasteiger partial charge in [-0.25, -0.2) is 4.99 Å². The van der Waals surface area contributed by atoms with E-state index in [1.165, 1.54) is 0 Å². The number of hydrogen-bond donors (Lipinski definition) is 0. The van der Waals surface area contributed by atoms with Crippen LogP contribution in [0.5, 0.6) is 0 Å². The maximum Gasteiger partial charge on any atom is 0.388 e. The molecule has 0 bridgehead atoms. The number of nitrogens with zero attached hydrogens (tertiary/aromatic N) is 1. The first kappa shape index (κ1) is 23.1. The molecule has 0 N–H and O–H groups in total. The van der Waals surface area contributed by atoms with Crippen LogP contribution >= 0.6 is 8.24 Å². The molecule has 6 heteroatoms. The monoisotopic (exact) mass is 519 g/mol. The van der Waals surface area contributed by atoms with Crippen molar-refractivity contribution < 1.29 is 17.7 Å². The lowest BCUT2D eigenvalue weighted by molar-refractivity contribution is 0.188. The van der Waals surface area contributed by atoms with Gasteiger partial charge in [-0.2, -0.15) is 0 Å². The third-order valence-corrected chi connectivity index (χ3v) is 8.33. The summed E-state index contributed by atoms with van der Waals surface area (Å²) in [4.78, 5) is 4.86. The topological polar surface area (TPSA) is 57.1 Å². The van der Waals surface area contributed by atoms with Gasteiger partial charge in [0.2, 0.25) is 5.90 Å². The second-order valence-corrected chi connectivity index (χ2v) is 11.0. The van der Waals surface area contributed by atoms with Crippen LogP contribution in [0, 0.1) is 0 Å². The van der Waals surface area contributed by atoms with Gasteiger partial charge in [0.05, 0.1) is 0 Å². The minimum absolute atomic E-state index is 0.0583. The zero-order chi connectivity index (χ0) is 25.7. The maximum atomic E-state index is 6.53. The number of benzene rings is 5. The summed E-state index contributed by atoms with van der Waals surface area (Å²) in [6, 6.07) is 35.0. The Hall–Kier alpha value is -4.05. The molecule has 7 rings (SSSR count). The van der Waals surface area contributed by atoms with Crippen LogP contribution in [0.25, 0.3) is 43.5 Å². The molecule has 6 aromatic rings. The second kappa shape index (κ2) is 9.05. The normalized spacial score (nSPS) is 15.7. The minimum Gasteiger partial charge on any atom is -0.476 e. The number of aliphatic imine (C=N–C) groups is 1. The van der Waals surface area contributed by atoms with Crippen LogP contribution in [0.1, 0.15) is 25.5 Å². The molecule has 0 spiro atoms. The number of ether oxygens (including phenoxy) is 1. The number of fused-ring (bicyclic) bond motifs is 7. The van der Waals surface area contributed by atoms with Gasteiger partial charge in [-0.3, -0.25) is 4.52 Å². The molecule has 0 unspecified atom stereocenters. The molecule has 0 saturated heterocycles. The molecule has 1 aromatic heterocycles. The molecule has 188 valence electrons. The van der Waals surface area contributed by atoms with E-state index >= 15 is 0 Å². The zero-order valence-electron chi connectivity index (χ0n) is 21.1. The summed E-state index contributed by atoms with van der Waals surface area (Å²) in [5.41, 5.74) is 1.73. The van der Waals surface area contributed by atoms with Gasteiger partial charge in [0.25, 0.3) is 0 Å². The summed E-state index contributed by atoms with van der Waals surface area (Å²) in [5, 5.41) is 6.52. The van der Waals surface area contributed by atoms with Gasteiger partial charge in [-0.1, -0.05) is 91.0 Å². The minimum atomic E-state index is -1.82. The molecule has 5 aromatic carbocycles. The van der Waals surface area contributed by atoms with Crippen molar-refractivity contribution in [3.05, 3.63) is 109 Å². The van der Waals surface area contributed by atoms with Crippen molar-refractivity contribution >= 4 is 57.6 Å². The molecule has 2 heterocycles. The molecule has 5 nitrogen and oxygen atoms in total. The highest BCUT2D eigenvalue weighted by atomic mass is 31.1. The van der Waals surface area contributed by atoms with E-state index in [1.54, 1.807) is 0 Å². The van der Waals surface area contributed by atoms with Crippen LogP contribution in [0.2, 0.25) is 0 Å². The zero-order valence-corrected chi connectivity index (χ0v) is 22.0. The maximum absolute atomic E-state index is 6.53. The van der Waals surface area contributed by atoms with Crippen LogP contribution in [0.3, 0.4) is 0 Å². The average Bonchev–Trinajstić information content (AvgIpc) is 3.39. The molecule has 38 heavy (non-hydrogen) atoms. The Labute approximate surface area is 220 Å². The molecule has 1 aliphatic rings. The summed E-state index contributed by atoms with van der Waals surface area (Å²) in [6.07, 6.45) is 0. The van der Waals surface area contributed by atoms with Gasteiger partial charge in [-0.15, -0.1) is 0 Å². The lowest BCUT2D eigenvalue weighted by Crippen LogP contribution is -2.37. The fourth-order valence-corrected chi connectivity index (χ4v) is 6.35. The summed E-state index contributed by atoms with van der Waals surface area (Å²) in [5.74, 6) is 0.544. The largest absolute Gasteiger partial charge is 0.476 e. The summed E-state index contributed by atoms with van der Waals surface area (Å²) in [7, 11) is -1.82. The van der Waals surface area contributed by atoms with Crippen molar-refractivity contribution in [2.24, 2.45) is 4.99 Å². The molecule has 0 saturated carbocycles. The third-order valence-electron chi connectivity index (χ3n) is 7.03. The SMILES string of the molecule is CC(C)(Op1oc2ccc3ccccc3c2c2c(ccc3ccccc32)o1)C1=N[C@H](c2ccccc2)CO1. The Morgan fingerprint density at radius 2 is 1.26 bits per heavy atom. The fraction of sp³-hybridized carbons (Fsp3) is 0.156. The van der Waals surface area contributed by atoms with Crippen LogP contribution < -0.4 is 4.52 Å². The number of hydrogen-bond acceptors (Lipinski definition) is 5. The van der Waals surface area contributed by atoms with E-state index in [4.69, 9.17) is 22.6 Å². The van der Waals surface area contributed by atoms with Crippen LogP contribution in [-0.2, 0) is 4.74 Å². The molecule has 1 atom stereocenters. The van der Waals surface area contributed by atoms with Crippen molar-refractivity contribution in [2.75, 3.05) is 6.61 Å². The first-order valence-corrected chi connectivity index (χ1v) is 13.8. The van der Waals surface area contributed by atoms with Gasteiger partial charge in [0, 0.05) is 10.8 Å². The second-order valence-electron chi connectivity index (χ2n) is 10.00. The Balaban J connectivity index is 1.42. The van der Waals surface area contributed by atoms with E-state index in [9.17, 15) is 0 Å². The summed E-state index contributed by atoms with van der Waals surface area (Å²) in [6.45, 7) is 4.37. The van der Waals surface area contributed by atoms with Crippen molar-refractivity contribution in [3.63, 3.8) is 0 Å². The Morgan fingerprint density at radius 3 is 1.87 bits per heavy atom. The molecule has 1 aliphatic heterocycles. The van der Waals surface area contributed by atoms with Crippen molar-refractivity contribution in [3.8, 4) is 0 Å². The van der Waals surface area contributed by atoms with Gasteiger partial charge >= 0.3 is 8.24 Å². The highest BCUT2D eigenvalue weighted by molar-refractivity contribution is 7.32. The van der Waals surface area contributed by atoms with Gasteiger partial charge in [-0.05, 0) is 53.1 Å². The predicted octanol–water partition coefficient (Wildman–Crippen LogP) is 8.97. The molecule has 0 amide bonds. The average molecular weight is 520 g/mol. The Kier molecular flexibility index (Phi) is 5.50. The molecular formula is C32H26NO4P. The first-order valence-electron chi connectivity index (χ1n) is 12.7. The third kappa shape index (κ3) is 3.96. The molecule has 0 radical (unpaired) electrons. The Bertz CT molecular complexity index is 1790. The van der Waals surface area contributed by atoms with E-state index < -0.39 is 13.8 Å². The van der Waals surface area contributed by atoms with Crippen molar-refractivity contribution in [1.82, 2.24) is 0 Å². The van der Waals surface area contributed by atoms with Crippen molar-refractivity contribution in [2.45, 2.75) is 25.5 Å². The molecule has 0 aliphatic carbocycles. The van der Waals surface area contributed by atoms with E-state index in [2.05, 4.69) is 72.8 Å². The first-order chi connectivity index (χ1) is 18.6. The predicted molar refractivity (Wildman–Crippen MR) is 155 cm³/mol. The van der Waals surface area contributed by atoms with Gasteiger partial charge < -0.3 is 13.1 Å². The lowest BCUT2D eigenvalue weighted by atomic mass is 9.99. The number of rotatable bonds is 4. The summed E-state index contributed by atoms with van der Waals surface area (Å²) < 4.78 is 25.6. The van der Waals surface area contributed by atoms with Gasteiger partial charge in [0.1, 0.15) is 23.8 Å². The highest BCUT2D eigenvalue weighted by Crippen LogP contribution is 2.42. The van der Waals surface area contributed by atoms with Crippen molar-refractivity contribution in [1.29, 1.82) is 0 Å². The Morgan fingerprint density at radius 1 is 0.711 bits per heavy atom. The fourth-order valence-electron chi connectivity index (χ4n) is 5.16. The lowest BCUT2D eigenvalue weighted by Gasteiger charge is -2.21. The van der Waals surface area contributed by atoms with E-state index in [-0.39, 0.29) is 6.04 Å².